The van der Waals surface area contributed by atoms with Gasteiger partial charge in [-0.15, -0.1) is 0 Å². The predicted octanol–water partition coefficient (Wildman–Crippen LogP) is 1.41. The van der Waals surface area contributed by atoms with E-state index in [9.17, 15) is 10.1 Å². The molecular weight excluding hydrogens is 196 g/mol. The van der Waals surface area contributed by atoms with Gasteiger partial charge in [0.2, 0.25) is 0 Å². The minimum absolute atomic E-state index is 0.0131. The van der Waals surface area contributed by atoms with Crippen molar-refractivity contribution in [3.8, 4) is 0 Å². The fraction of sp³-hybridized carbons (Fsp3) is 0.400. The zero-order chi connectivity index (χ0) is 11.4. The largest absolute Gasteiger partial charge is 0.394 e. The Hall–Kier alpha value is -1.62. The molecule has 0 aliphatic carbocycles. The Morgan fingerprint density at radius 1 is 1.60 bits per heavy atom. The molecule has 1 aromatic carbocycles. The van der Waals surface area contributed by atoms with E-state index in [-0.39, 0.29) is 18.3 Å². The van der Waals surface area contributed by atoms with Crippen molar-refractivity contribution in [1.29, 1.82) is 0 Å². The molecule has 0 spiro atoms. The van der Waals surface area contributed by atoms with Crippen LogP contribution in [0.3, 0.4) is 0 Å². The summed E-state index contributed by atoms with van der Waals surface area (Å²) in [5.74, 6) is 0. The normalized spacial score (nSPS) is 12.2. The molecule has 0 radical (unpaired) electrons. The third-order valence-electron chi connectivity index (χ3n) is 2.37. The highest BCUT2D eigenvalue weighted by atomic mass is 16.6. The van der Waals surface area contributed by atoms with Crippen LogP contribution in [0.25, 0.3) is 0 Å². The van der Waals surface area contributed by atoms with E-state index in [0.717, 1.165) is 5.69 Å². The van der Waals surface area contributed by atoms with Gasteiger partial charge in [0.15, 0.2) is 0 Å². The summed E-state index contributed by atoms with van der Waals surface area (Å²) < 4.78 is 0. The number of anilines is 1. The van der Waals surface area contributed by atoms with Crippen molar-refractivity contribution < 1.29 is 10.0 Å². The summed E-state index contributed by atoms with van der Waals surface area (Å²) >= 11 is 0. The van der Waals surface area contributed by atoms with Crippen LogP contribution in [0.4, 0.5) is 11.4 Å². The lowest BCUT2D eigenvalue weighted by Crippen LogP contribution is -2.31. The molecular formula is C10H14N2O3. The van der Waals surface area contributed by atoms with Gasteiger partial charge in [0, 0.05) is 30.9 Å². The first kappa shape index (κ1) is 11.5. The van der Waals surface area contributed by atoms with Crippen LogP contribution >= 0.6 is 0 Å². The quantitative estimate of drug-likeness (QED) is 0.602. The first-order valence-electron chi connectivity index (χ1n) is 4.64. The number of hydrogen-bond acceptors (Lipinski definition) is 4. The van der Waals surface area contributed by atoms with E-state index in [2.05, 4.69) is 0 Å². The number of likely N-dealkylation sites (N-methyl/N-ethyl adjacent to an activating group) is 1. The monoisotopic (exact) mass is 210 g/mol. The van der Waals surface area contributed by atoms with Crippen LogP contribution in [-0.4, -0.2) is 29.7 Å². The second kappa shape index (κ2) is 4.75. The Morgan fingerprint density at radius 2 is 2.27 bits per heavy atom. The Bertz CT molecular complexity index is 354. The van der Waals surface area contributed by atoms with Crippen LogP contribution < -0.4 is 4.90 Å². The molecule has 0 bridgehead atoms. The van der Waals surface area contributed by atoms with E-state index in [1.54, 1.807) is 24.1 Å². The summed E-state index contributed by atoms with van der Waals surface area (Å²) in [7, 11) is 1.79. The smallest absolute Gasteiger partial charge is 0.271 e. The van der Waals surface area contributed by atoms with Crippen LogP contribution in [0.15, 0.2) is 24.3 Å². The lowest BCUT2D eigenvalue weighted by atomic mass is 10.2. The number of aliphatic hydroxyl groups is 1. The Kier molecular flexibility index (Phi) is 3.62. The molecule has 1 unspecified atom stereocenters. The molecule has 0 saturated heterocycles. The first-order chi connectivity index (χ1) is 7.06. The van der Waals surface area contributed by atoms with Gasteiger partial charge in [-0.2, -0.15) is 0 Å². The molecule has 0 amide bonds. The number of non-ortho nitro benzene ring substituents is 1. The van der Waals surface area contributed by atoms with E-state index in [0.29, 0.717) is 0 Å². The van der Waals surface area contributed by atoms with Gasteiger partial charge in [0.05, 0.1) is 11.5 Å². The highest BCUT2D eigenvalue weighted by Crippen LogP contribution is 2.21. The lowest BCUT2D eigenvalue weighted by molar-refractivity contribution is -0.384. The summed E-state index contributed by atoms with van der Waals surface area (Å²) in [6.45, 7) is 1.86. The molecule has 0 saturated carbocycles. The zero-order valence-corrected chi connectivity index (χ0v) is 8.75. The fourth-order valence-electron chi connectivity index (χ4n) is 1.20. The Morgan fingerprint density at radius 3 is 2.80 bits per heavy atom. The summed E-state index contributed by atoms with van der Waals surface area (Å²) in [4.78, 5) is 11.9. The molecule has 0 heterocycles. The topological polar surface area (TPSA) is 66.6 Å². The molecule has 82 valence electrons. The molecule has 1 N–H and O–H groups in total. The lowest BCUT2D eigenvalue weighted by Gasteiger charge is -2.24. The molecule has 0 aromatic heterocycles. The third-order valence-corrected chi connectivity index (χ3v) is 2.37. The highest BCUT2D eigenvalue weighted by molar-refractivity contribution is 5.53. The first-order valence-corrected chi connectivity index (χ1v) is 4.64. The average molecular weight is 210 g/mol. The Labute approximate surface area is 88.1 Å². The highest BCUT2D eigenvalue weighted by Gasteiger charge is 2.12. The van der Waals surface area contributed by atoms with Gasteiger partial charge in [0.25, 0.3) is 5.69 Å². The summed E-state index contributed by atoms with van der Waals surface area (Å²) in [5, 5.41) is 19.5. The summed E-state index contributed by atoms with van der Waals surface area (Å²) in [6.07, 6.45) is 0. The molecule has 1 atom stereocenters. The van der Waals surface area contributed by atoms with Crippen molar-refractivity contribution in [2.24, 2.45) is 0 Å². The minimum atomic E-state index is -0.430. The molecule has 1 aromatic rings. The maximum atomic E-state index is 10.6. The number of nitrogens with zero attached hydrogens (tertiary/aromatic N) is 2. The van der Waals surface area contributed by atoms with E-state index >= 15 is 0 Å². The average Bonchev–Trinajstić information content (AvgIpc) is 2.27. The van der Waals surface area contributed by atoms with Gasteiger partial charge in [-0.25, -0.2) is 0 Å². The maximum absolute atomic E-state index is 10.6. The number of rotatable bonds is 4. The fourth-order valence-corrected chi connectivity index (χ4v) is 1.20. The molecule has 5 nitrogen and oxygen atoms in total. The minimum Gasteiger partial charge on any atom is -0.394 e. The van der Waals surface area contributed by atoms with Crippen LogP contribution in [0.2, 0.25) is 0 Å². The maximum Gasteiger partial charge on any atom is 0.271 e. The number of nitro benzene ring substituents is 1. The van der Waals surface area contributed by atoms with Gasteiger partial charge < -0.3 is 10.0 Å². The van der Waals surface area contributed by atoms with Crippen LogP contribution in [0.5, 0.6) is 0 Å². The standard InChI is InChI=1S/C10H14N2O3/c1-8(7-13)11(2)9-4-3-5-10(6-9)12(14)15/h3-6,8,13H,7H2,1-2H3. The van der Waals surface area contributed by atoms with Crippen molar-refractivity contribution in [3.05, 3.63) is 34.4 Å². The van der Waals surface area contributed by atoms with E-state index in [1.165, 1.54) is 12.1 Å². The van der Waals surface area contributed by atoms with Crippen molar-refractivity contribution in [2.75, 3.05) is 18.6 Å². The number of benzene rings is 1. The van der Waals surface area contributed by atoms with Gasteiger partial charge in [-0.3, -0.25) is 10.1 Å². The molecule has 0 fully saturated rings. The van der Waals surface area contributed by atoms with Gasteiger partial charge >= 0.3 is 0 Å². The summed E-state index contributed by atoms with van der Waals surface area (Å²) in [5.41, 5.74) is 0.787. The van der Waals surface area contributed by atoms with E-state index in [4.69, 9.17) is 5.11 Å². The molecule has 0 aliphatic heterocycles. The van der Waals surface area contributed by atoms with Crippen molar-refractivity contribution in [1.82, 2.24) is 0 Å². The van der Waals surface area contributed by atoms with Gasteiger partial charge in [-0.1, -0.05) is 6.07 Å². The Balaban J connectivity index is 2.94. The number of nitro groups is 1. The number of aliphatic hydroxyl groups excluding tert-OH is 1. The molecule has 15 heavy (non-hydrogen) atoms. The van der Waals surface area contributed by atoms with Crippen LogP contribution in [-0.2, 0) is 0 Å². The van der Waals surface area contributed by atoms with E-state index in [1.807, 2.05) is 6.92 Å². The second-order valence-electron chi connectivity index (χ2n) is 3.42. The SMILES string of the molecule is CC(CO)N(C)c1cccc([N+](=O)[O-])c1. The number of hydrogen-bond donors (Lipinski definition) is 1. The molecule has 1 rings (SSSR count). The summed E-state index contributed by atoms with van der Waals surface area (Å²) in [6, 6.07) is 6.28. The van der Waals surface area contributed by atoms with Crippen molar-refractivity contribution in [2.45, 2.75) is 13.0 Å². The van der Waals surface area contributed by atoms with Gasteiger partial charge in [0.1, 0.15) is 0 Å². The zero-order valence-electron chi connectivity index (χ0n) is 8.75. The van der Waals surface area contributed by atoms with Gasteiger partial charge in [-0.05, 0) is 13.0 Å². The van der Waals surface area contributed by atoms with Crippen molar-refractivity contribution in [3.63, 3.8) is 0 Å². The third kappa shape index (κ3) is 2.66. The molecule has 0 aliphatic rings. The molecule has 5 heteroatoms. The predicted molar refractivity (Wildman–Crippen MR) is 58.0 cm³/mol. The van der Waals surface area contributed by atoms with Crippen molar-refractivity contribution >= 4 is 11.4 Å². The van der Waals surface area contributed by atoms with Crippen LogP contribution in [0.1, 0.15) is 6.92 Å². The van der Waals surface area contributed by atoms with Crippen LogP contribution in [0, 0.1) is 10.1 Å². The second-order valence-corrected chi connectivity index (χ2v) is 3.42. The van der Waals surface area contributed by atoms with E-state index < -0.39 is 4.92 Å².